The SMILES string of the molecule is C[C@H]1[C@@H](CSc2ccccn2)O[C@@H](c2ccc(NC(=O)CCCC(=O)O)cc2)O[C@H]1c1ccc(CO)cc1. The third kappa shape index (κ3) is 7.64. The number of hydrogen-bond donors (Lipinski definition) is 3. The summed E-state index contributed by atoms with van der Waals surface area (Å²) in [5.74, 6) is -0.376. The maximum absolute atomic E-state index is 12.1. The van der Waals surface area contributed by atoms with Crippen LogP contribution in [0.5, 0.6) is 0 Å². The minimum Gasteiger partial charge on any atom is -0.481 e. The van der Waals surface area contributed by atoms with Gasteiger partial charge in [-0.3, -0.25) is 9.59 Å². The number of aliphatic carboxylic acids is 1. The molecule has 1 amide bonds. The molecule has 38 heavy (non-hydrogen) atoms. The Kier molecular flexibility index (Phi) is 9.89. The van der Waals surface area contributed by atoms with Gasteiger partial charge in [-0.05, 0) is 41.8 Å². The number of carboxylic acid groups (broad SMARTS) is 1. The first kappa shape index (κ1) is 27.8. The summed E-state index contributed by atoms with van der Waals surface area (Å²) < 4.78 is 12.9. The second-order valence-corrected chi connectivity index (χ2v) is 10.3. The summed E-state index contributed by atoms with van der Waals surface area (Å²) in [6.45, 7) is 2.10. The smallest absolute Gasteiger partial charge is 0.303 e. The van der Waals surface area contributed by atoms with Gasteiger partial charge in [0.15, 0.2) is 6.29 Å². The summed E-state index contributed by atoms with van der Waals surface area (Å²) in [7, 11) is 0. The number of aliphatic hydroxyl groups excluding tert-OH is 1. The lowest BCUT2D eigenvalue weighted by Crippen LogP contribution is -2.38. The van der Waals surface area contributed by atoms with Crippen molar-refractivity contribution in [2.75, 3.05) is 11.1 Å². The van der Waals surface area contributed by atoms with E-state index in [1.807, 2.05) is 54.6 Å². The molecule has 2 heterocycles. The highest BCUT2D eigenvalue weighted by Gasteiger charge is 2.38. The number of aliphatic hydroxyl groups is 1. The summed E-state index contributed by atoms with van der Waals surface area (Å²) in [5.41, 5.74) is 3.30. The van der Waals surface area contributed by atoms with Crippen molar-refractivity contribution in [1.82, 2.24) is 4.98 Å². The van der Waals surface area contributed by atoms with Crippen molar-refractivity contribution in [3.63, 3.8) is 0 Å². The molecular formula is C29H32N2O6S. The number of nitrogens with one attached hydrogen (secondary N) is 1. The zero-order valence-corrected chi connectivity index (χ0v) is 22.0. The van der Waals surface area contributed by atoms with Gasteiger partial charge in [0.05, 0.1) is 23.8 Å². The predicted molar refractivity (Wildman–Crippen MR) is 144 cm³/mol. The van der Waals surface area contributed by atoms with Crippen molar-refractivity contribution >= 4 is 29.3 Å². The molecule has 0 radical (unpaired) electrons. The number of rotatable bonds is 11. The average Bonchev–Trinajstić information content (AvgIpc) is 2.93. The van der Waals surface area contributed by atoms with E-state index in [2.05, 4.69) is 17.2 Å². The number of amides is 1. The number of carbonyl (C=O) groups excluding carboxylic acids is 1. The van der Waals surface area contributed by atoms with Crippen LogP contribution in [0.15, 0.2) is 78.0 Å². The molecule has 3 N–H and O–H groups in total. The van der Waals surface area contributed by atoms with Crippen molar-refractivity contribution < 1.29 is 29.3 Å². The lowest BCUT2D eigenvalue weighted by atomic mass is 9.91. The van der Waals surface area contributed by atoms with Crippen molar-refractivity contribution in [1.29, 1.82) is 0 Å². The van der Waals surface area contributed by atoms with Gasteiger partial charge in [-0.15, -0.1) is 11.8 Å². The molecule has 9 heteroatoms. The van der Waals surface area contributed by atoms with Crippen LogP contribution < -0.4 is 5.32 Å². The Balaban J connectivity index is 1.47. The van der Waals surface area contributed by atoms with E-state index >= 15 is 0 Å². The molecule has 0 bridgehead atoms. The minimum absolute atomic E-state index is 0.0150. The Bertz CT molecular complexity index is 1190. The van der Waals surface area contributed by atoms with Crippen LogP contribution in [0, 0.1) is 5.92 Å². The molecule has 0 saturated carbocycles. The lowest BCUT2D eigenvalue weighted by Gasteiger charge is -2.41. The summed E-state index contributed by atoms with van der Waals surface area (Å²) in [6, 6.07) is 20.9. The van der Waals surface area contributed by atoms with Crippen LogP contribution in [0.1, 0.15) is 55.3 Å². The molecule has 1 aromatic heterocycles. The molecule has 200 valence electrons. The molecule has 1 aliphatic rings. The van der Waals surface area contributed by atoms with Gasteiger partial charge in [0.25, 0.3) is 0 Å². The van der Waals surface area contributed by atoms with Crippen molar-refractivity contribution in [2.24, 2.45) is 5.92 Å². The number of hydrogen-bond acceptors (Lipinski definition) is 7. The average molecular weight is 537 g/mol. The Morgan fingerprint density at radius 1 is 0.974 bits per heavy atom. The van der Waals surface area contributed by atoms with Crippen molar-refractivity contribution in [3.05, 3.63) is 89.6 Å². The molecule has 4 atom stereocenters. The predicted octanol–water partition coefficient (Wildman–Crippen LogP) is 5.35. The number of anilines is 1. The summed E-state index contributed by atoms with van der Waals surface area (Å²) in [4.78, 5) is 27.2. The number of benzene rings is 2. The van der Waals surface area contributed by atoms with Gasteiger partial charge >= 0.3 is 5.97 Å². The van der Waals surface area contributed by atoms with E-state index < -0.39 is 12.3 Å². The van der Waals surface area contributed by atoms with E-state index in [1.54, 1.807) is 30.1 Å². The molecule has 8 nitrogen and oxygen atoms in total. The second kappa shape index (κ2) is 13.5. The Hall–Kier alpha value is -3.24. The van der Waals surface area contributed by atoms with Crippen LogP contribution in [0.25, 0.3) is 0 Å². The maximum Gasteiger partial charge on any atom is 0.303 e. The van der Waals surface area contributed by atoms with E-state index in [-0.39, 0.29) is 43.5 Å². The molecular weight excluding hydrogens is 504 g/mol. The van der Waals surface area contributed by atoms with Gasteiger partial charge in [0.1, 0.15) is 0 Å². The van der Waals surface area contributed by atoms with E-state index in [4.69, 9.17) is 14.6 Å². The van der Waals surface area contributed by atoms with Gasteiger partial charge in [0.2, 0.25) is 5.91 Å². The number of nitrogens with zero attached hydrogens (tertiary/aromatic N) is 1. The number of aromatic nitrogens is 1. The number of thioether (sulfide) groups is 1. The molecule has 2 aromatic carbocycles. The highest BCUT2D eigenvalue weighted by Crippen LogP contribution is 2.43. The van der Waals surface area contributed by atoms with Gasteiger partial charge < -0.3 is 25.0 Å². The fraction of sp³-hybridized carbons (Fsp3) is 0.345. The lowest BCUT2D eigenvalue weighted by molar-refractivity contribution is -0.268. The number of ether oxygens (including phenoxy) is 2. The second-order valence-electron chi connectivity index (χ2n) is 9.22. The quantitative estimate of drug-likeness (QED) is 0.281. The van der Waals surface area contributed by atoms with Crippen LogP contribution >= 0.6 is 11.8 Å². The third-order valence-electron chi connectivity index (χ3n) is 6.42. The standard InChI is InChI=1S/C29H32N2O6S/c1-19-24(18-38-26-6-2-3-16-30-26)36-29(37-28(19)21-10-8-20(17-32)9-11-21)22-12-14-23(15-13-22)31-25(33)5-4-7-27(34)35/h2-3,6,8-16,19,24,28-29,32H,4-5,7,17-18H2,1H3,(H,31,33)(H,34,35)/t19-,24+,28+,29+/m0/s1. The normalized spacial score (nSPS) is 21.1. The first-order chi connectivity index (χ1) is 18.4. The molecule has 4 rings (SSSR count). The van der Waals surface area contributed by atoms with Gasteiger partial charge in [-0.25, -0.2) is 4.98 Å². The summed E-state index contributed by atoms with van der Waals surface area (Å²) in [6.07, 6.45) is 1.24. The van der Waals surface area contributed by atoms with E-state index in [0.29, 0.717) is 17.9 Å². The minimum atomic E-state index is -0.914. The van der Waals surface area contributed by atoms with Crippen LogP contribution in [0.2, 0.25) is 0 Å². The van der Waals surface area contributed by atoms with Crippen molar-refractivity contribution in [2.45, 2.75) is 56.3 Å². The molecule has 1 aliphatic heterocycles. The fourth-order valence-electron chi connectivity index (χ4n) is 4.26. The molecule has 1 fully saturated rings. The van der Waals surface area contributed by atoms with Gasteiger partial charge in [0, 0.05) is 42.0 Å². The van der Waals surface area contributed by atoms with Crippen molar-refractivity contribution in [3.8, 4) is 0 Å². The first-order valence-corrected chi connectivity index (χ1v) is 13.6. The summed E-state index contributed by atoms with van der Waals surface area (Å²) in [5, 5.41) is 21.9. The van der Waals surface area contributed by atoms with E-state index in [0.717, 1.165) is 21.7 Å². The number of carbonyl (C=O) groups is 2. The Morgan fingerprint density at radius 3 is 2.37 bits per heavy atom. The third-order valence-corrected chi connectivity index (χ3v) is 7.45. The number of pyridine rings is 1. The number of carboxylic acids is 1. The molecule has 0 aliphatic carbocycles. The molecule has 1 saturated heterocycles. The Morgan fingerprint density at radius 2 is 1.71 bits per heavy atom. The Labute approximate surface area is 226 Å². The molecule has 0 spiro atoms. The highest BCUT2D eigenvalue weighted by atomic mass is 32.2. The van der Waals surface area contributed by atoms with E-state index in [1.165, 1.54) is 0 Å². The van der Waals surface area contributed by atoms with Crippen LogP contribution in [-0.2, 0) is 25.7 Å². The van der Waals surface area contributed by atoms with Gasteiger partial charge in [-0.2, -0.15) is 0 Å². The van der Waals surface area contributed by atoms with E-state index in [9.17, 15) is 14.7 Å². The summed E-state index contributed by atoms with van der Waals surface area (Å²) >= 11 is 1.64. The highest BCUT2D eigenvalue weighted by molar-refractivity contribution is 7.99. The molecule has 0 unspecified atom stereocenters. The topological polar surface area (TPSA) is 118 Å². The van der Waals surface area contributed by atoms with Crippen LogP contribution in [-0.4, -0.2) is 38.9 Å². The molecule has 3 aromatic rings. The van der Waals surface area contributed by atoms with Crippen LogP contribution in [0.3, 0.4) is 0 Å². The zero-order valence-electron chi connectivity index (χ0n) is 21.2. The first-order valence-electron chi connectivity index (χ1n) is 12.6. The van der Waals surface area contributed by atoms with Gasteiger partial charge in [-0.1, -0.05) is 49.4 Å². The zero-order chi connectivity index (χ0) is 26.9. The van der Waals surface area contributed by atoms with Crippen LogP contribution in [0.4, 0.5) is 5.69 Å². The monoisotopic (exact) mass is 536 g/mol. The maximum atomic E-state index is 12.1. The largest absolute Gasteiger partial charge is 0.481 e. The fourth-order valence-corrected chi connectivity index (χ4v) is 5.28.